The van der Waals surface area contributed by atoms with E-state index in [1.54, 1.807) is 11.8 Å². The number of amides is 1. The number of methoxy groups -OCH3 is 1. The second kappa shape index (κ2) is 6.79. The fourth-order valence-corrected chi connectivity index (χ4v) is 3.00. The fraction of sp³-hybridized carbons (Fsp3) is 0.750. The molecule has 1 aromatic rings. The Balaban J connectivity index is 1.97. The topological polar surface area (TPSA) is 68.2 Å². The molecule has 6 heteroatoms. The third kappa shape index (κ3) is 3.87. The number of rotatable bonds is 5. The van der Waals surface area contributed by atoms with Crippen molar-refractivity contribution in [3.05, 3.63) is 18.0 Å². The maximum absolute atomic E-state index is 12.5. The van der Waals surface area contributed by atoms with Crippen LogP contribution in [0.2, 0.25) is 0 Å². The molecule has 2 N–H and O–H groups in total. The number of nitrogens with zero attached hydrogens (tertiary/aromatic N) is 2. The minimum atomic E-state index is -0.0540. The molecule has 6 nitrogen and oxygen atoms in total. The molecule has 2 heterocycles. The van der Waals surface area contributed by atoms with Crippen molar-refractivity contribution in [2.45, 2.75) is 32.8 Å². The number of ether oxygens (including phenoxy) is 1. The largest absolute Gasteiger partial charge is 0.379 e. The van der Waals surface area contributed by atoms with Crippen LogP contribution in [0, 0.1) is 11.3 Å². The average Bonchev–Trinajstić information content (AvgIpc) is 3.05. The van der Waals surface area contributed by atoms with Crippen molar-refractivity contribution in [1.29, 1.82) is 0 Å². The third-order valence-corrected chi connectivity index (χ3v) is 4.42. The van der Waals surface area contributed by atoms with Crippen molar-refractivity contribution in [3.8, 4) is 0 Å². The van der Waals surface area contributed by atoms with Crippen LogP contribution in [0.5, 0.6) is 0 Å². The van der Waals surface area contributed by atoms with Gasteiger partial charge in [-0.2, -0.15) is 5.10 Å². The highest BCUT2D eigenvalue weighted by atomic mass is 16.5. The predicted molar refractivity (Wildman–Crippen MR) is 85.6 cm³/mol. The monoisotopic (exact) mass is 308 g/mol. The van der Waals surface area contributed by atoms with Crippen molar-refractivity contribution in [2.24, 2.45) is 18.4 Å². The minimum absolute atomic E-state index is 0.00128. The first-order valence-electron chi connectivity index (χ1n) is 7.82. The number of hydrogen-bond acceptors (Lipinski definition) is 4. The van der Waals surface area contributed by atoms with Gasteiger partial charge in [0.25, 0.3) is 0 Å². The summed E-state index contributed by atoms with van der Waals surface area (Å²) in [4.78, 5) is 12.5. The summed E-state index contributed by atoms with van der Waals surface area (Å²) >= 11 is 0. The molecule has 0 radical (unpaired) electrons. The normalized spacial score (nSPS) is 23.5. The van der Waals surface area contributed by atoms with Crippen LogP contribution in [0.1, 0.15) is 32.3 Å². The molecular formula is C16H28N4O2. The van der Waals surface area contributed by atoms with Gasteiger partial charge >= 0.3 is 0 Å². The zero-order valence-electron chi connectivity index (χ0n) is 14.2. The molecule has 1 saturated heterocycles. The highest BCUT2D eigenvalue weighted by Gasteiger charge is 2.35. The van der Waals surface area contributed by atoms with Gasteiger partial charge in [0, 0.05) is 45.9 Å². The van der Waals surface area contributed by atoms with E-state index in [-0.39, 0.29) is 29.3 Å². The molecule has 3 atom stereocenters. The Morgan fingerprint density at radius 3 is 2.82 bits per heavy atom. The van der Waals surface area contributed by atoms with Crippen LogP contribution in [-0.4, -0.2) is 48.5 Å². The molecule has 1 aliphatic heterocycles. The molecule has 1 amide bonds. The van der Waals surface area contributed by atoms with Gasteiger partial charge in [-0.05, 0) is 11.0 Å². The van der Waals surface area contributed by atoms with Crippen LogP contribution in [-0.2, 0) is 16.6 Å². The van der Waals surface area contributed by atoms with Gasteiger partial charge in [-0.1, -0.05) is 20.8 Å². The molecule has 1 aliphatic rings. The lowest BCUT2D eigenvalue weighted by atomic mass is 9.88. The Kier molecular flexibility index (Phi) is 5.24. The zero-order chi connectivity index (χ0) is 16.3. The molecule has 22 heavy (non-hydrogen) atoms. The molecule has 0 saturated carbocycles. The van der Waals surface area contributed by atoms with Crippen LogP contribution in [0.15, 0.2) is 12.4 Å². The highest BCUT2D eigenvalue weighted by Crippen LogP contribution is 2.28. The first-order chi connectivity index (χ1) is 10.3. The molecule has 0 aromatic carbocycles. The summed E-state index contributed by atoms with van der Waals surface area (Å²) in [5, 5.41) is 10.6. The molecule has 0 spiro atoms. The number of carbonyl (C=O) groups excluding carboxylic acids is 1. The lowest BCUT2D eigenvalue weighted by molar-refractivity contribution is -0.125. The summed E-state index contributed by atoms with van der Waals surface area (Å²) in [5.41, 5.74) is 1.12. The second-order valence-electron chi connectivity index (χ2n) is 7.15. The van der Waals surface area contributed by atoms with Gasteiger partial charge in [0.2, 0.25) is 5.91 Å². The van der Waals surface area contributed by atoms with Gasteiger partial charge in [-0.25, -0.2) is 0 Å². The first kappa shape index (κ1) is 17.0. The fourth-order valence-electron chi connectivity index (χ4n) is 3.00. The molecule has 1 fully saturated rings. The Morgan fingerprint density at radius 1 is 1.55 bits per heavy atom. The molecule has 2 rings (SSSR count). The molecule has 1 aromatic heterocycles. The van der Waals surface area contributed by atoms with E-state index in [1.807, 2.05) is 19.4 Å². The van der Waals surface area contributed by atoms with Gasteiger partial charge in [0.1, 0.15) is 0 Å². The van der Waals surface area contributed by atoms with Gasteiger partial charge in [0.15, 0.2) is 0 Å². The van der Waals surface area contributed by atoms with Gasteiger partial charge in [-0.3, -0.25) is 9.48 Å². The van der Waals surface area contributed by atoms with Crippen molar-refractivity contribution >= 4 is 5.91 Å². The number of aromatic nitrogens is 2. The van der Waals surface area contributed by atoms with Crippen LogP contribution >= 0.6 is 0 Å². The van der Waals surface area contributed by atoms with Gasteiger partial charge in [-0.15, -0.1) is 0 Å². The lowest BCUT2D eigenvalue weighted by Crippen LogP contribution is -2.43. The number of nitrogens with one attached hydrogen (secondary N) is 2. The summed E-state index contributed by atoms with van der Waals surface area (Å²) in [6.45, 7) is 8.40. The summed E-state index contributed by atoms with van der Waals surface area (Å²) in [6.07, 6.45) is 3.85. The Morgan fingerprint density at radius 2 is 2.27 bits per heavy atom. The summed E-state index contributed by atoms with van der Waals surface area (Å²) in [5.74, 6) is 0.219. The minimum Gasteiger partial charge on any atom is -0.379 e. The molecule has 0 bridgehead atoms. The van der Waals surface area contributed by atoms with E-state index in [0.29, 0.717) is 13.1 Å². The van der Waals surface area contributed by atoms with Gasteiger partial charge < -0.3 is 15.4 Å². The van der Waals surface area contributed by atoms with Crippen LogP contribution in [0.4, 0.5) is 0 Å². The number of aryl methyl sites for hydroxylation is 1. The standard InChI is InChI=1S/C16H28N4O2/c1-16(2,3)14(22-5)9-18-15(21)13-8-17-7-12(13)11-6-19-20(4)10-11/h6,10,12-14,17H,7-9H2,1-5H3,(H,18,21)/t12-,13+,14?/m1/s1. The molecular weight excluding hydrogens is 280 g/mol. The van der Waals surface area contributed by atoms with Crippen molar-refractivity contribution in [3.63, 3.8) is 0 Å². The van der Waals surface area contributed by atoms with E-state index in [4.69, 9.17) is 4.74 Å². The van der Waals surface area contributed by atoms with Crippen LogP contribution < -0.4 is 10.6 Å². The van der Waals surface area contributed by atoms with E-state index >= 15 is 0 Å². The molecule has 1 unspecified atom stereocenters. The zero-order valence-corrected chi connectivity index (χ0v) is 14.2. The van der Waals surface area contributed by atoms with E-state index in [0.717, 1.165) is 12.1 Å². The van der Waals surface area contributed by atoms with Gasteiger partial charge in [0.05, 0.1) is 18.2 Å². The second-order valence-corrected chi connectivity index (χ2v) is 7.15. The lowest BCUT2D eigenvalue weighted by Gasteiger charge is -2.30. The molecule has 124 valence electrons. The van der Waals surface area contributed by atoms with Crippen molar-refractivity contribution in [1.82, 2.24) is 20.4 Å². The quantitative estimate of drug-likeness (QED) is 0.848. The maximum atomic E-state index is 12.5. The average molecular weight is 308 g/mol. The number of hydrogen-bond donors (Lipinski definition) is 2. The maximum Gasteiger partial charge on any atom is 0.225 e. The summed E-state index contributed by atoms with van der Waals surface area (Å²) in [7, 11) is 3.59. The van der Waals surface area contributed by atoms with E-state index in [1.165, 1.54) is 0 Å². The van der Waals surface area contributed by atoms with E-state index < -0.39 is 0 Å². The Labute approximate surface area is 132 Å². The summed E-state index contributed by atoms with van der Waals surface area (Å²) < 4.78 is 7.28. The molecule has 0 aliphatic carbocycles. The Hall–Kier alpha value is -1.40. The van der Waals surface area contributed by atoms with E-state index in [2.05, 4.69) is 36.5 Å². The third-order valence-electron chi connectivity index (χ3n) is 4.42. The first-order valence-corrected chi connectivity index (χ1v) is 7.82. The summed E-state index contributed by atoms with van der Waals surface area (Å²) in [6, 6.07) is 0. The highest BCUT2D eigenvalue weighted by molar-refractivity contribution is 5.80. The predicted octanol–water partition coefficient (Wildman–Crippen LogP) is 0.900. The van der Waals surface area contributed by atoms with Crippen molar-refractivity contribution < 1.29 is 9.53 Å². The van der Waals surface area contributed by atoms with Crippen LogP contribution in [0.25, 0.3) is 0 Å². The van der Waals surface area contributed by atoms with Crippen LogP contribution in [0.3, 0.4) is 0 Å². The van der Waals surface area contributed by atoms with Crippen molar-refractivity contribution in [2.75, 3.05) is 26.7 Å². The number of carbonyl (C=O) groups is 1. The Bertz CT molecular complexity index is 506. The smallest absolute Gasteiger partial charge is 0.225 e. The SMILES string of the molecule is COC(CNC(=O)[C@H]1CNC[C@@H]1c1cnn(C)c1)C(C)(C)C. The van der Waals surface area contributed by atoms with E-state index in [9.17, 15) is 4.79 Å².